The van der Waals surface area contributed by atoms with Crippen LogP contribution in [0, 0.1) is 0 Å². The minimum atomic E-state index is -5.34. The van der Waals surface area contributed by atoms with Gasteiger partial charge in [0.2, 0.25) is 5.75 Å². The molecular formula is C46H97N5O13P2. The number of aromatic nitrogens is 2. The molecule has 1 aromatic rings. The highest BCUT2D eigenvalue weighted by atomic mass is 31.3. The van der Waals surface area contributed by atoms with Crippen LogP contribution in [0.15, 0.2) is 15.8 Å². The summed E-state index contributed by atoms with van der Waals surface area (Å²) in [6.07, 6.45) is 18.7. The van der Waals surface area contributed by atoms with Crippen molar-refractivity contribution in [2.45, 2.75) is 202 Å². The third-order valence-electron chi connectivity index (χ3n) is 10.8. The number of methoxy groups -OCH3 is 1. The third-order valence-corrected chi connectivity index (χ3v) is 13.0. The molecule has 2 rings (SSSR count). The maximum atomic E-state index is 11.9. The molecule has 1 saturated heterocycles. The van der Waals surface area contributed by atoms with Gasteiger partial charge in [-0.15, -0.1) is 0 Å². The smallest absolute Gasteiger partial charge is 0.481 e. The highest BCUT2D eigenvalue weighted by molar-refractivity contribution is 7.60. The number of phosphoric ester groups is 1. The van der Waals surface area contributed by atoms with Gasteiger partial charge in [-0.1, -0.05) is 120 Å². The van der Waals surface area contributed by atoms with Crippen LogP contribution in [0.1, 0.15) is 184 Å². The predicted molar refractivity (Wildman–Crippen MR) is 266 cm³/mol. The number of unbranched alkanes of at least 4 members (excludes halogenated alkanes) is 9. The molecule has 1 aromatic heterocycles. The molecular weight excluding hydrogens is 892 g/mol. The molecule has 0 saturated carbocycles. The first-order valence-corrected chi connectivity index (χ1v) is 28.2. The zero-order valence-electron chi connectivity index (χ0n) is 42.9. The van der Waals surface area contributed by atoms with Crippen LogP contribution in [0.4, 0.5) is 0 Å². The molecule has 6 N–H and O–H groups in total. The first-order chi connectivity index (χ1) is 31.4. The molecule has 1 unspecified atom stereocenters. The van der Waals surface area contributed by atoms with Crippen LogP contribution in [0.5, 0.6) is 5.75 Å². The lowest BCUT2D eigenvalue weighted by Crippen LogP contribution is -2.38. The zero-order valence-corrected chi connectivity index (χ0v) is 44.7. The maximum Gasteiger partial charge on any atom is 0.481 e. The van der Waals surface area contributed by atoms with E-state index in [2.05, 4.69) is 85.8 Å². The summed E-state index contributed by atoms with van der Waals surface area (Å²) in [6, 6.07) is 0. The van der Waals surface area contributed by atoms with Crippen LogP contribution in [-0.2, 0) is 22.7 Å². The number of nitrogens with one attached hydrogen (secondary N) is 1. The topological polar surface area (TPSA) is 237 Å². The van der Waals surface area contributed by atoms with E-state index in [4.69, 9.17) is 19.3 Å². The number of ether oxygens (including phenoxy) is 2. The average molecular weight is 990 g/mol. The van der Waals surface area contributed by atoms with Crippen molar-refractivity contribution in [1.82, 2.24) is 24.3 Å². The van der Waals surface area contributed by atoms with Crippen molar-refractivity contribution in [3.8, 4) is 5.75 Å². The van der Waals surface area contributed by atoms with Crippen molar-refractivity contribution in [3.05, 3.63) is 27.0 Å². The van der Waals surface area contributed by atoms with E-state index in [0.717, 1.165) is 13.3 Å². The monoisotopic (exact) mass is 990 g/mol. The molecule has 5 atom stereocenters. The van der Waals surface area contributed by atoms with Gasteiger partial charge in [0, 0.05) is 0 Å². The molecule has 0 bridgehead atoms. The van der Waals surface area contributed by atoms with Crippen LogP contribution in [0.2, 0.25) is 0 Å². The van der Waals surface area contributed by atoms with Gasteiger partial charge in [0.1, 0.15) is 18.3 Å². The molecule has 0 aliphatic carbocycles. The number of hydrogen-bond donors (Lipinski definition) is 6. The quantitative estimate of drug-likeness (QED) is 0.0355. The van der Waals surface area contributed by atoms with E-state index in [1.165, 1.54) is 174 Å². The molecule has 18 nitrogen and oxygen atoms in total. The van der Waals surface area contributed by atoms with E-state index >= 15 is 0 Å². The van der Waals surface area contributed by atoms with E-state index in [1.807, 2.05) is 4.98 Å². The zero-order chi connectivity index (χ0) is 50.4. The number of aliphatic hydroxyl groups is 2. The SMILES string of the molecule is CCCCN(CCCC)CCCC.CCCCN(CCCC)CCCC.CCCCN(CCCC)CCCC.COc1cn([C@@H]2O[C@H](COP(=O)(O)OP(=O)(O)O)[C@@H](O)[C@H]2O)c(=O)[nH]c1=O. The fraction of sp³-hybridized carbons (Fsp3) is 0.913. The summed E-state index contributed by atoms with van der Waals surface area (Å²) < 4.78 is 40.5. The summed E-state index contributed by atoms with van der Waals surface area (Å²) in [6.45, 7) is 31.4. The van der Waals surface area contributed by atoms with Crippen LogP contribution in [0.3, 0.4) is 0 Å². The number of phosphoric acid groups is 2. The van der Waals surface area contributed by atoms with Crippen molar-refractivity contribution in [2.75, 3.05) is 72.6 Å². The molecule has 2 heterocycles. The van der Waals surface area contributed by atoms with Gasteiger partial charge in [0.15, 0.2) is 6.23 Å². The Morgan fingerprint density at radius 1 is 0.591 bits per heavy atom. The lowest BCUT2D eigenvalue weighted by Gasteiger charge is -2.21. The average Bonchev–Trinajstić information content (AvgIpc) is 3.56. The van der Waals surface area contributed by atoms with Crippen LogP contribution >= 0.6 is 15.6 Å². The van der Waals surface area contributed by atoms with Crippen molar-refractivity contribution in [1.29, 1.82) is 0 Å². The van der Waals surface area contributed by atoms with Gasteiger partial charge < -0.3 is 49.1 Å². The van der Waals surface area contributed by atoms with Crippen molar-refractivity contribution >= 4 is 15.6 Å². The van der Waals surface area contributed by atoms with Crippen LogP contribution < -0.4 is 16.0 Å². The van der Waals surface area contributed by atoms with E-state index in [0.29, 0.717) is 4.57 Å². The van der Waals surface area contributed by atoms with Gasteiger partial charge in [-0.05, 0) is 117 Å². The summed E-state index contributed by atoms with van der Waals surface area (Å²) in [4.78, 5) is 59.4. The van der Waals surface area contributed by atoms with Gasteiger partial charge in [-0.2, -0.15) is 4.31 Å². The molecule has 0 radical (unpaired) electrons. The second-order valence-corrected chi connectivity index (χ2v) is 19.8. The maximum absolute atomic E-state index is 11.9. The molecule has 1 fully saturated rings. The highest BCUT2D eigenvalue weighted by Crippen LogP contribution is 2.57. The van der Waals surface area contributed by atoms with Crippen molar-refractivity contribution in [3.63, 3.8) is 0 Å². The summed E-state index contributed by atoms with van der Waals surface area (Å²) in [5, 5.41) is 20.0. The normalized spacial score (nSPS) is 18.0. The van der Waals surface area contributed by atoms with Crippen LogP contribution in [0.25, 0.3) is 0 Å². The Morgan fingerprint density at radius 3 is 1.18 bits per heavy atom. The van der Waals surface area contributed by atoms with E-state index < -0.39 is 58.0 Å². The minimum absolute atomic E-state index is 0.297. The fourth-order valence-corrected chi connectivity index (χ4v) is 8.26. The number of hydrogen-bond acceptors (Lipinski definition) is 13. The molecule has 0 amide bonds. The molecule has 20 heteroatoms. The van der Waals surface area contributed by atoms with Crippen LogP contribution in [-0.4, -0.2) is 140 Å². The summed E-state index contributed by atoms with van der Waals surface area (Å²) >= 11 is 0. The number of aliphatic hydroxyl groups excluding tert-OH is 2. The lowest BCUT2D eigenvalue weighted by molar-refractivity contribution is -0.0544. The van der Waals surface area contributed by atoms with Gasteiger partial charge in [0.05, 0.1) is 19.9 Å². The molecule has 0 spiro atoms. The Hall–Kier alpha value is -1.50. The molecule has 0 aromatic carbocycles. The number of aromatic amines is 1. The molecule has 394 valence electrons. The third kappa shape index (κ3) is 33.1. The van der Waals surface area contributed by atoms with Gasteiger partial charge >= 0.3 is 21.3 Å². The summed E-state index contributed by atoms with van der Waals surface area (Å²) in [7, 11) is -9.40. The Morgan fingerprint density at radius 2 is 0.909 bits per heavy atom. The fourth-order valence-electron chi connectivity index (χ4n) is 6.67. The first kappa shape index (κ1) is 66.6. The van der Waals surface area contributed by atoms with E-state index in [9.17, 15) is 33.8 Å². The second kappa shape index (κ2) is 41.3. The number of nitrogens with zero attached hydrogens (tertiary/aromatic N) is 4. The Kier molecular flexibility index (Phi) is 41.7. The highest BCUT2D eigenvalue weighted by Gasteiger charge is 2.46. The Bertz CT molecular complexity index is 1390. The lowest BCUT2D eigenvalue weighted by atomic mass is 10.1. The summed E-state index contributed by atoms with van der Waals surface area (Å²) in [5.74, 6) is -0.297. The Balaban J connectivity index is 0. The second-order valence-electron chi connectivity index (χ2n) is 17.0. The molecule has 1 aliphatic heterocycles. The van der Waals surface area contributed by atoms with Crippen molar-refractivity contribution < 1.29 is 52.3 Å². The standard InChI is InChI=1S/3C12H27N.C10H16N2O13P2/c3*1-4-7-10-13(11-8-5-2)12-9-6-3;1-22-4-2-12(10(16)11-8(4)15)9-7(14)6(13)5(24-9)3-23-27(20,21)25-26(17,18)19/h3*4-12H2,1-3H3;2,5-7,9,13-14H,3H2,1H3,(H,20,21)(H,11,15,16)(H2,17,18,19)/t;;;5-,6-,7-,9-/m...1/s1. The van der Waals surface area contributed by atoms with Gasteiger partial charge in [-0.25, -0.2) is 13.9 Å². The first-order valence-electron chi connectivity index (χ1n) is 25.2. The predicted octanol–water partition coefficient (Wildman–Crippen LogP) is 8.46. The van der Waals surface area contributed by atoms with Gasteiger partial charge in [-0.3, -0.25) is 18.9 Å². The molecule has 1 aliphatic rings. The summed E-state index contributed by atoms with van der Waals surface area (Å²) in [5.41, 5.74) is -1.85. The number of H-pyrrole nitrogens is 1. The number of rotatable bonds is 34. The largest absolute Gasteiger partial charge is 0.490 e. The Labute approximate surface area is 399 Å². The van der Waals surface area contributed by atoms with E-state index in [-0.39, 0.29) is 5.75 Å². The molecule has 66 heavy (non-hydrogen) atoms. The van der Waals surface area contributed by atoms with Crippen molar-refractivity contribution in [2.24, 2.45) is 0 Å². The minimum Gasteiger partial charge on any atom is -0.490 e. The van der Waals surface area contributed by atoms with Gasteiger partial charge in [0.25, 0.3) is 5.56 Å². The van der Waals surface area contributed by atoms with E-state index in [1.54, 1.807) is 0 Å².